The molecule has 0 spiro atoms. The summed E-state index contributed by atoms with van der Waals surface area (Å²) >= 11 is 0. The summed E-state index contributed by atoms with van der Waals surface area (Å²) < 4.78 is 5.13. The molecule has 3 N–H and O–H groups in total. The van der Waals surface area contributed by atoms with Crippen LogP contribution in [0.4, 0.5) is 0 Å². The summed E-state index contributed by atoms with van der Waals surface area (Å²) in [6.45, 7) is 0.882. The molecule has 1 amide bonds. The molecule has 0 bridgehead atoms. The zero-order chi connectivity index (χ0) is 15.3. The topological polar surface area (TPSA) is 126 Å². The van der Waals surface area contributed by atoms with Crippen molar-refractivity contribution in [3.05, 3.63) is 18.4 Å². The van der Waals surface area contributed by atoms with Crippen molar-refractivity contribution in [1.29, 1.82) is 0 Å². The lowest BCUT2D eigenvalue weighted by molar-refractivity contribution is -0.125. The van der Waals surface area contributed by atoms with Crippen molar-refractivity contribution in [2.75, 3.05) is 13.2 Å². The van der Waals surface area contributed by atoms with Crippen LogP contribution < -0.4 is 5.32 Å². The van der Waals surface area contributed by atoms with Gasteiger partial charge in [-0.1, -0.05) is 6.92 Å². The number of carbonyl (C=O) groups is 1. The van der Waals surface area contributed by atoms with E-state index in [1.165, 1.54) is 6.26 Å². The molecule has 2 aromatic heterocycles. The average Bonchev–Trinajstić information content (AvgIpc) is 3.15. The quantitative estimate of drug-likeness (QED) is 0.609. The standard InChI is InChI=1S/C12H17N5O4/c1-2-12(7-18,8-19)13-10(20)6-17-15-11(14-16-17)9-4-3-5-21-9/h3-5,18-19H,2,6-8H2,1H3,(H,13,20). The summed E-state index contributed by atoms with van der Waals surface area (Å²) in [5.41, 5.74) is -1.04. The fraction of sp³-hybridized carbons (Fsp3) is 0.500. The van der Waals surface area contributed by atoms with E-state index in [1.807, 2.05) is 0 Å². The van der Waals surface area contributed by atoms with Gasteiger partial charge in [0.25, 0.3) is 0 Å². The zero-order valence-corrected chi connectivity index (χ0v) is 11.6. The monoisotopic (exact) mass is 295 g/mol. The van der Waals surface area contributed by atoms with Gasteiger partial charge >= 0.3 is 0 Å². The molecule has 0 atom stereocenters. The second-order valence-corrected chi connectivity index (χ2v) is 4.62. The largest absolute Gasteiger partial charge is 0.461 e. The number of carbonyl (C=O) groups excluding carboxylic acids is 1. The minimum Gasteiger partial charge on any atom is -0.461 e. The van der Waals surface area contributed by atoms with Gasteiger partial charge in [-0.25, -0.2) is 0 Å². The molecule has 9 nitrogen and oxygen atoms in total. The van der Waals surface area contributed by atoms with Crippen LogP contribution in [0.5, 0.6) is 0 Å². The van der Waals surface area contributed by atoms with E-state index in [1.54, 1.807) is 19.1 Å². The smallest absolute Gasteiger partial charge is 0.244 e. The highest BCUT2D eigenvalue weighted by atomic mass is 16.3. The van der Waals surface area contributed by atoms with Crippen LogP contribution in [0.2, 0.25) is 0 Å². The van der Waals surface area contributed by atoms with Crippen LogP contribution in [-0.2, 0) is 11.3 Å². The van der Waals surface area contributed by atoms with Crippen molar-refractivity contribution in [2.24, 2.45) is 0 Å². The molecule has 0 aliphatic heterocycles. The minimum atomic E-state index is -1.04. The van der Waals surface area contributed by atoms with E-state index in [2.05, 4.69) is 20.7 Å². The first-order valence-electron chi connectivity index (χ1n) is 6.47. The summed E-state index contributed by atoms with van der Waals surface area (Å²) in [5.74, 6) is 0.303. The lowest BCUT2D eigenvalue weighted by atomic mass is 9.98. The van der Waals surface area contributed by atoms with E-state index in [-0.39, 0.29) is 25.6 Å². The predicted molar refractivity (Wildman–Crippen MR) is 70.9 cm³/mol. The van der Waals surface area contributed by atoms with Gasteiger partial charge in [0.2, 0.25) is 11.7 Å². The van der Waals surface area contributed by atoms with Crippen LogP contribution in [0.25, 0.3) is 11.6 Å². The Morgan fingerprint density at radius 1 is 1.48 bits per heavy atom. The first-order valence-corrected chi connectivity index (χ1v) is 6.47. The number of aliphatic hydroxyl groups excluding tert-OH is 2. The van der Waals surface area contributed by atoms with Gasteiger partial charge in [0.15, 0.2) is 5.76 Å². The Labute approximate surface area is 120 Å². The Morgan fingerprint density at radius 3 is 2.81 bits per heavy atom. The van der Waals surface area contributed by atoms with Gasteiger partial charge in [0.1, 0.15) is 6.54 Å². The number of aliphatic hydroxyl groups is 2. The molecule has 2 rings (SSSR count). The molecule has 0 aliphatic rings. The molecule has 0 radical (unpaired) electrons. The first-order chi connectivity index (χ1) is 10.1. The summed E-state index contributed by atoms with van der Waals surface area (Å²) in [4.78, 5) is 13.0. The summed E-state index contributed by atoms with van der Waals surface area (Å²) in [6.07, 6.45) is 1.88. The van der Waals surface area contributed by atoms with Gasteiger partial charge < -0.3 is 19.9 Å². The molecule has 114 valence electrons. The van der Waals surface area contributed by atoms with Crippen LogP contribution in [0.1, 0.15) is 13.3 Å². The van der Waals surface area contributed by atoms with Crippen molar-refractivity contribution < 1.29 is 19.4 Å². The Kier molecular flexibility index (Phi) is 4.66. The number of aromatic nitrogens is 4. The Balaban J connectivity index is 2.00. The number of rotatable bonds is 7. The fourth-order valence-corrected chi connectivity index (χ4v) is 1.72. The maximum absolute atomic E-state index is 11.9. The van der Waals surface area contributed by atoms with E-state index >= 15 is 0 Å². The molecule has 0 unspecified atom stereocenters. The fourth-order valence-electron chi connectivity index (χ4n) is 1.72. The van der Waals surface area contributed by atoms with Gasteiger partial charge in [-0.05, 0) is 23.8 Å². The molecule has 21 heavy (non-hydrogen) atoms. The summed E-state index contributed by atoms with van der Waals surface area (Å²) in [5, 5.41) is 32.7. The van der Waals surface area contributed by atoms with Crippen LogP contribution >= 0.6 is 0 Å². The zero-order valence-electron chi connectivity index (χ0n) is 11.6. The molecule has 0 aromatic carbocycles. The minimum absolute atomic E-state index is 0.171. The Hall–Kier alpha value is -2.26. The molecule has 2 heterocycles. The lowest BCUT2D eigenvalue weighted by Crippen LogP contribution is -2.54. The van der Waals surface area contributed by atoms with Crippen molar-refractivity contribution in [3.63, 3.8) is 0 Å². The second kappa shape index (κ2) is 6.46. The highest BCUT2D eigenvalue weighted by Crippen LogP contribution is 2.13. The van der Waals surface area contributed by atoms with Gasteiger partial charge in [-0.15, -0.1) is 10.2 Å². The van der Waals surface area contributed by atoms with Gasteiger partial charge in [-0.3, -0.25) is 4.79 Å². The van der Waals surface area contributed by atoms with Gasteiger partial charge in [0, 0.05) is 0 Å². The van der Waals surface area contributed by atoms with Crippen LogP contribution in [0.15, 0.2) is 22.8 Å². The first kappa shape index (κ1) is 15.1. The highest BCUT2D eigenvalue weighted by molar-refractivity contribution is 5.76. The second-order valence-electron chi connectivity index (χ2n) is 4.62. The third kappa shape index (κ3) is 3.44. The number of amides is 1. The number of nitrogens with one attached hydrogen (secondary N) is 1. The van der Waals surface area contributed by atoms with Crippen molar-refractivity contribution in [3.8, 4) is 11.6 Å². The van der Waals surface area contributed by atoms with Gasteiger partial charge in [0.05, 0.1) is 25.0 Å². The van der Waals surface area contributed by atoms with E-state index < -0.39 is 11.4 Å². The van der Waals surface area contributed by atoms with Gasteiger partial charge in [-0.2, -0.15) is 4.80 Å². The molecule has 0 aliphatic carbocycles. The maximum atomic E-state index is 11.9. The van der Waals surface area contributed by atoms with E-state index in [9.17, 15) is 15.0 Å². The van der Waals surface area contributed by atoms with Crippen molar-refractivity contribution in [2.45, 2.75) is 25.4 Å². The van der Waals surface area contributed by atoms with Crippen LogP contribution in [-0.4, -0.2) is 55.1 Å². The van der Waals surface area contributed by atoms with E-state index in [0.29, 0.717) is 12.2 Å². The van der Waals surface area contributed by atoms with Crippen LogP contribution in [0, 0.1) is 0 Å². The summed E-state index contributed by atoms with van der Waals surface area (Å²) in [7, 11) is 0. The normalized spacial score (nSPS) is 11.6. The number of nitrogens with zero attached hydrogens (tertiary/aromatic N) is 4. The van der Waals surface area contributed by atoms with Crippen LogP contribution in [0.3, 0.4) is 0 Å². The number of furan rings is 1. The maximum Gasteiger partial charge on any atom is 0.244 e. The van der Waals surface area contributed by atoms with Crippen molar-refractivity contribution in [1.82, 2.24) is 25.5 Å². The SMILES string of the molecule is CCC(CO)(CO)NC(=O)Cn1nnc(-c2ccco2)n1. The van der Waals surface area contributed by atoms with Crippen molar-refractivity contribution >= 4 is 5.91 Å². The van der Waals surface area contributed by atoms with E-state index in [0.717, 1.165) is 4.80 Å². The average molecular weight is 295 g/mol. The third-order valence-corrected chi connectivity index (χ3v) is 3.17. The molecular formula is C12H17N5O4. The predicted octanol–water partition coefficient (Wildman–Crippen LogP) is -0.817. The number of hydrogen-bond acceptors (Lipinski definition) is 7. The summed E-state index contributed by atoms with van der Waals surface area (Å²) in [6, 6.07) is 3.38. The Morgan fingerprint density at radius 2 is 2.24 bits per heavy atom. The number of tetrazole rings is 1. The third-order valence-electron chi connectivity index (χ3n) is 3.17. The molecule has 0 fully saturated rings. The van der Waals surface area contributed by atoms with E-state index in [4.69, 9.17) is 4.42 Å². The lowest BCUT2D eigenvalue weighted by Gasteiger charge is -2.29. The highest BCUT2D eigenvalue weighted by Gasteiger charge is 2.28. The molecule has 0 saturated heterocycles. The molecular weight excluding hydrogens is 278 g/mol. The molecule has 0 saturated carbocycles. The molecule has 9 heteroatoms. The molecule has 2 aromatic rings. The number of hydrogen-bond donors (Lipinski definition) is 3. The Bertz CT molecular complexity index is 568.